The second-order valence-corrected chi connectivity index (χ2v) is 5.49. The van der Waals surface area contributed by atoms with Crippen molar-refractivity contribution in [1.29, 1.82) is 0 Å². The highest BCUT2D eigenvalue weighted by Crippen LogP contribution is 2.15. The molecule has 0 saturated carbocycles. The first kappa shape index (κ1) is 21.5. The van der Waals surface area contributed by atoms with Gasteiger partial charge in [-0.15, -0.1) is 0 Å². The predicted octanol–water partition coefficient (Wildman–Crippen LogP) is 2.81. The van der Waals surface area contributed by atoms with Crippen LogP contribution in [0, 0.1) is 0 Å². The van der Waals surface area contributed by atoms with Gasteiger partial charge in [0.2, 0.25) is 0 Å². The van der Waals surface area contributed by atoms with Crippen molar-refractivity contribution < 1.29 is 37.4 Å². The van der Waals surface area contributed by atoms with Crippen LogP contribution in [-0.4, -0.2) is 38.1 Å². The van der Waals surface area contributed by atoms with Gasteiger partial charge in [0.25, 0.3) is 11.8 Å². The molecule has 0 heterocycles. The van der Waals surface area contributed by atoms with E-state index in [0.717, 1.165) is 23.8 Å². The van der Waals surface area contributed by atoms with Crippen molar-refractivity contribution >= 4 is 23.9 Å². The lowest BCUT2D eigenvalue weighted by atomic mass is 10.2. The van der Waals surface area contributed by atoms with Crippen molar-refractivity contribution in [3.8, 4) is 11.5 Å². The van der Waals surface area contributed by atoms with Crippen LogP contribution in [0.5, 0.6) is 11.5 Å². The van der Waals surface area contributed by atoms with Crippen LogP contribution in [0.25, 0.3) is 6.08 Å². The molecule has 9 heteroatoms. The highest BCUT2D eigenvalue weighted by atomic mass is 19.3. The van der Waals surface area contributed by atoms with Gasteiger partial charge >= 0.3 is 12.6 Å². The van der Waals surface area contributed by atoms with E-state index in [0.29, 0.717) is 5.75 Å². The molecular weight excluding hydrogens is 388 g/mol. The van der Waals surface area contributed by atoms with Gasteiger partial charge in [0.1, 0.15) is 11.5 Å². The Kier molecular flexibility index (Phi) is 7.84. The van der Waals surface area contributed by atoms with E-state index in [-0.39, 0.29) is 11.3 Å². The minimum Gasteiger partial charge on any atom is -0.497 e. The maximum atomic E-state index is 12.1. The summed E-state index contributed by atoms with van der Waals surface area (Å²) >= 11 is 0. The van der Waals surface area contributed by atoms with Gasteiger partial charge in [0, 0.05) is 11.6 Å². The topological polar surface area (TPSA) is 90.9 Å². The van der Waals surface area contributed by atoms with E-state index in [1.54, 1.807) is 24.3 Å². The third-order valence-corrected chi connectivity index (χ3v) is 3.47. The summed E-state index contributed by atoms with van der Waals surface area (Å²) in [5, 5.41) is 2.02. The van der Waals surface area contributed by atoms with Gasteiger partial charge in [-0.3, -0.25) is 14.9 Å². The van der Waals surface area contributed by atoms with Gasteiger partial charge in [0.05, 0.1) is 7.11 Å². The molecule has 0 aliphatic heterocycles. The second-order valence-electron chi connectivity index (χ2n) is 5.49. The first-order chi connectivity index (χ1) is 13.9. The zero-order valence-corrected chi connectivity index (χ0v) is 15.3. The van der Waals surface area contributed by atoms with E-state index < -0.39 is 31.0 Å². The molecule has 0 radical (unpaired) electrons. The van der Waals surface area contributed by atoms with E-state index in [1.165, 1.54) is 25.3 Å². The van der Waals surface area contributed by atoms with Crippen LogP contribution in [0.1, 0.15) is 15.9 Å². The average molecular weight is 405 g/mol. The third kappa shape index (κ3) is 7.41. The number of esters is 1. The molecular formula is C20H17F2NO6. The van der Waals surface area contributed by atoms with Crippen molar-refractivity contribution in [2.45, 2.75) is 6.61 Å². The fourth-order valence-electron chi connectivity index (χ4n) is 2.09. The van der Waals surface area contributed by atoms with Gasteiger partial charge in [-0.05, 0) is 48.0 Å². The van der Waals surface area contributed by atoms with Crippen LogP contribution in [0.4, 0.5) is 8.78 Å². The summed E-state index contributed by atoms with van der Waals surface area (Å²) in [4.78, 5) is 35.3. The van der Waals surface area contributed by atoms with Crippen LogP contribution in [-0.2, 0) is 14.3 Å². The number of ether oxygens (including phenoxy) is 3. The number of carbonyl (C=O) groups excluding carboxylic acids is 3. The molecule has 0 fully saturated rings. The van der Waals surface area contributed by atoms with Crippen LogP contribution < -0.4 is 14.8 Å². The number of rotatable bonds is 8. The van der Waals surface area contributed by atoms with Gasteiger partial charge in [-0.2, -0.15) is 8.78 Å². The lowest BCUT2D eigenvalue weighted by Gasteiger charge is -2.06. The van der Waals surface area contributed by atoms with E-state index in [1.807, 2.05) is 5.32 Å². The Morgan fingerprint density at radius 3 is 2.21 bits per heavy atom. The SMILES string of the molecule is COc1ccc(/C=C/C(=O)OCC(=O)NC(=O)c2ccc(OC(F)F)cc2)cc1. The monoisotopic (exact) mass is 405 g/mol. The van der Waals surface area contributed by atoms with Gasteiger partial charge in [-0.1, -0.05) is 12.1 Å². The molecule has 0 aromatic heterocycles. The maximum absolute atomic E-state index is 12.1. The summed E-state index contributed by atoms with van der Waals surface area (Å²) in [7, 11) is 1.54. The molecule has 2 amide bonds. The number of carbonyl (C=O) groups is 3. The van der Waals surface area contributed by atoms with Gasteiger partial charge in [0.15, 0.2) is 6.61 Å². The Balaban J connectivity index is 1.78. The Morgan fingerprint density at radius 1 is 1.00 bits per heavy atom. The molecule has 2 aromatic rings. The number of imide groups is 1. The number of alkyl halides is 2. The van der Waals surface area contributed by atoms with Crippen LogP contribution >= 0.6 is 0 Å². The fraction of sp³-hybridized carbons (Fsp3) is 0.150. The molecule has 7 nitrogen and oxygen atoms in total. The van der Waals surface area contributed by atoms with Crippen LogP contribution in [0.2, 0.25) is 0 Å². The van der Waals surface area contributed by atoms with E-state index in [2.05, 4.69) is 4.74 Å². The minimum absolute atomic E-state index is 0.0469. The normalized spacial score (nSPS) is 10.6. The quantitative estimate of drug-likeness (QED) is 0.537. The summed E-state index contributed by atoms with van der Waals surface area (Å²) in [5.41, 5.74) is 0.771. The Bertz CT molecular complexity index is 879. The van der Waals surface area contributed by atoms with Crippen molar-refractivity contribution in [3.05, 3.63) is 65.7 Å². The summed E-state index contributed by atoms with van der Waals surface area (Å²) < 4.78 is 38.1. The number of nitrogens with one attached hydrogen (secondary N) is 1. The second kappa shape index (κ2) is 10.5. The molecule has 0 aliphatic carbocycles. The number of hydrogen-bond acceptors (Lipinski definition) is 6. The summed E-state index contributed by atoms with van der Waals surface area (Å²) in [6.07, 6.45) is 2.63. The fourth-order valence-corrected chi connectivity index (χ4v) is 2.09. The average Bonchev–Trinajstić information content (AvgIpc) is 2.71. The summed E-state index contributed by atoms with van der Waals surface area (Å²) in [5.74, 6) is -1.84. The smallest absolute Gasteiger partial charge is 0.387 e. The standard InChI is InChI=1S/C20H17F2NO6/c1-27-15-7-2-13(3-8-15)4-11-18(25)28-12-17(24)23-19(26)14-5-9-16(10-6-14)29-20(21)22/h2-11,20H,12H2,1H3,(H,23,24,26)/b11-4+. The Morgan fingerprint density at radius 2 is 1.62 bits per heavy atom. The van der Waals surface area contributed by atoms with Gasteiger partial charge < -0.3 is 14.2 Å². The van der Waals surface area contributed by atoms with Crippen molar-refractivity contribution in [2.24, 2.45) is 0 Å². The molecule has 2 aromatic carbocycles. The molecule has 0 unspecified atom stereocenters. The maximum Gasteiger partial charge on any atom is 0.387 e. The Hall–Kier alpha value is -3.75. The molecule has 152 valence electrons. The molecule has 0 spiro atoms. The molecule has 2 rings (SSSR count). The molecule has 0 aliphatic rings. The van der Waals surface area contributed by atoms with Crippen molar-refractivity contribution in [1.82, 2.24) is 5.32 Å². The molecule has 0 saturated heterocycles. The zero-order chi connectivity index (χ0) is 21.2. The first-order valence-corrected chi connectivity index (χ1v) is 8.25. The molecule has 29 heavy (non-hydrogen) atoms. The van der Waals surface area contributed by atoms with E-state index in [9.17, 15) is 23.2 Å². The number of hydrogen-bond donors (Lipinski definition) is 1. The Labute approximate surface area is 164 Å². The van der Waals surface area contributed by atoms with E-state index >= 15 is 0 Å². The third-order valence-electron chi connectivity index (χ3n) is 3.47. The van der Waals surface area contributed by atoms with Crippen molar-refractivity contribution in [2.75, 3.05) is 13.7 Å². The highest BCUT2D eigenvalue weighted by molar-refractivity contribution is 6.05. The van der Waals surface area contributed by atoms with Gasteiger partial charge in [-0.25, -0.2) is 4.79 Å². The number of benzene rings is 2. The van der Waals surface area contributed by atoms with E-state index in [4.69, 9.17) is 9.47 Å². The van der Waals surface area contributed by atoms with Crippen LogP contribution in [0.3, 0.4) is 0 Å². The largest absolute Gasteiger partial charge is 0.497 e. The number of halogens is 2. The molecule has 0 bridgehead atoms. The summed E-state index contributed by atoms with van der Waals surface area (Å²) in [6, 6.07) is 11.6. The minimum atomic E-state index is -2.98. The molecule has 0 atom stereocenters. The molecule has 1 N–H and O–H groups in total. The first-order valence-electron chi connectivity index (χ1n) is 8.25. The number of methoxy groups -OCH3 is 1. The lowest BCUT2D eigenvalue weighted by molar-refractivity contribution is -0.143. The predicted molar refractivity (Wildman–Crippen MR) is 98.5 cm³/mol. The zero-order valence-electron chi connectivity index (χ0n) is 15.3. The van der Waals surface area contributed by atoms with Crippen molar-refractivity contribution in [3.63, 3.8) is 0 Å². The van der Waals surface area contributed by atoms with Crippen LogP contribution in [0.15, 0.2) is 54.6 Å². The number of amides is 2. The highest BCUT2D eigenvalue weighted by Gasteiger charge is 2.12. The lowest BCUT2D eigenvalue weighted by Crippen LogP contribution is -2.34. The summed E-state index contributed by atoms with van der Waals surface area (Å²) in [6.45, 7) is -3.64.